The van der Waals surface area contributed by atoms with Crippen LogP contribution in [0.5, 0.6) is 5.75 Å². The lowest BCUT2D eigenvalue weighted by Gasteiger charge is -2.25. The van der Waals surface area contributed by atoms with Crippen molar-refractivity contribution >= 4 is 29.3 Å². The highest BCUT2D eigenvalue weighted by molar-refractivity contribution is 8.03. The Labute approximate surface area is 209 Å². The SMILES string of the molecule is Cc1ccc(NC(=O)CSC2=C(C#N)C(c3ccc(OCc4ccccc4)cc3)CC(=O)N2)cc1. The number of hydrogen-bond acceptors (Lipinski definition) is 5. The summed E-state index contributed by atoms with van der Waals surface area (Å²) in [7, 11) is 0. The summed E-state index contributed by atoms with van der Waals surface area (Å²) in [5, 5.41) is 15.9. The number of allylic oxidation sites excluding steroid dienone is 1. The minimum atomic E-state index is -0.375. The van der Waals surface area contributed by atoms with Crippen molar-refractivity contribution in [2.45, 2.75) is 25.9 Å². The van der Waals surface area contributed by atoms with Crippen LogP contribution in [-0.4, -0.2) is 17.6 Å². The molecule has 3 aromatic rings. The molecular weight excluding hydrogens is 458 g/mol. The molecule has 6 nitrogen and oxygen atoms in total. The van der Waals surface area contributed by atoms with Gasteiger partial charge in [-0.05, 0) is 42.3 Å². The number of rotatable bonds is 8. The van der Waals surface area contributed by atoms with E-state index in [-0.39, 0.29) is 29.9 Å². The lowest BCUT2D eigenvalue weighted by Crippen LogP contribution is -2.31. The molecule has 1 heterocycles. The van der Waals surface area contributed by atoms with Crippen LogP contribution >= 0.6 is 11.8 Å². The predicted molar refractivity (Wildman–Crippen MR) is 138 cm³/mol. The highest BCUT2D eigenvalue weighted by Crippen LogP contribution is 2.36. The van der Waals surface area contributed by atoms with Crippen molar-refractivity contribution < 1.29 is 14.3 Å². The summed E-state index contributed by atoms with van der Waals surface area (Å²) in [6.07, 6.45) is 0.173. The van der Waals surface area contributed by atoms with Crippen LogP contribution in [-0.2, 0) is 16.2 Å². The normalized spacial score (nSPS) is 15.2. The zero-order chi connectivity index (χ0) is 24.6. The van der Waals surface area contributed by atoms with Crippen LogP contribution in [0.15, 0.2) is 89.5 Å². The number of aryl methyl sites for hydroxylation is 1. The monoisotopic (exact) mass is 483 g/mol. The number of amides is 2. The third-order valence-corrected chi connectivity index (χ3v) is 6.59. The molecule has 2 amide bonds. The van der Waals surface area contributed by atoms with Crippen molar-refractivity contribution in [1.82, 2.24) is 5.32 Å². The van der Waals surface area contributed by atoms with E-state index in [0.29, 0.717) is 28.6 Å². The number of nitrogens with one attached hydrogen (secondary N) is 2. The van der Waals surface area contributed by atoms with E-state index in [2.05, 4.69) is 16.7 Å². The molecule has 7 heteroatoms. The van der Waals surface area contributed by atoms with Gasteiger partial charge in [0.2, 0.25) is 11.8 Å². The van der Waals surface area contributed by atoms with Gasteiger partial charge in [0.05, 0.1) is 22.4 Å². The number of thioether (sulfide) groups is 1. The number of nitrogens with zero attached hydrogens (tertiary/aromatic N) is 1. The molecule has 0 spiro atoms. The quantitative estimate of drug-likeness (QED) is 0.455. The first-order chi connectivity index (χ1) is 17.0. The molecule has 1 aliphatic heterocycles. The Bertz CT molecular complexity index is 1260. The summed E-state index contributed by atoms with van der Waals surface area (Å²) in [5.74, 6) is 0.0234. The van der Waals surface area contributed by atoms with E-state index in [1.807, 2.05) is 85.8 Å². The van der Waals surface area contributed by atoms with Gasteiger partial charge in [0, 0.05) is 18.0 Å². The highest BCUT2D eigenvalue weighted by atomic mass is 32.2. The number of carbonyl (C=O) groups is 2. The maximum atomic E-state index is 12.4. The largest absolute Gasteiger partial charge is 0.489 e. The molecule has 1 aliphatic rings. The van der Waals surface area contributed by atoms with E-state index in [1.165, 1.54) is 0 Å². The molecule has 176 valence electrons. The van der Waals surface area contributed by atoms with E-state index >= 15 is 0 Å². The zero-order valence-corrected chi connectivity index (χ0v) is 20.1. The average molecular weight is 484 g/mol. The first-order valence-corrected chi connectivity index (χ1v) is 12.2. The molecule has 0 aliphatic carbocycles. The van der Waals surface area contributed by atoms with Crippen LogP contribution in [0, 0.1) is 18.3 Å². The van der Waals surface area contributed by atoms with Crippen molar-refractivity contribution in [2.24, 2.45) is 0 Å². The van der Waals surface area contributed by atoms with Crippen molar-refractivity contribution in [2.75, 3.05) is 11.1 Å². The van der Waals surface area contributed by atoms with Crippen molar-refractivity contribution in [3.05, 3.63) is 106 Å². The summed E-state index contributed by atoms with van der Waals surface area (Å²) in [5.41, 5.74) is 4.19. The summed E-state index contributed by atoms with van der Waals surface area (Å²) in [6, 6.07) is 27.1. The molecule has 4 rings (SSSR count). The molecule has 3 aromatic carbocycles. The number of anilines is 1. The molecular formula is C28H25N3O3S. The summed E-state index contributed by atoms with van der Waals surface area (Å²) in [4.78, 5) is 24.8. The fourth-order valence-corrected chi connectivity index (χ4v) is 4.60. The minimum Gasteiger partial charge on any atom is -0.489 e. The van der Waals surface area contributed by atoms with Crippen molar-refractivity contribution in [1.29, 1.82) is 5.26 Å². The number of ether oxygens (including phenoxy) is 1. The van der Waals surface area contributed by atoms with Gasteiger partial charge in [0.1, 0.15) is 12.4 Å². The molecule has 0 saturated heterocycles. The van der Waals surface area contributed by atoms with E-state index in [4.69, 9.17) is 4.74 Å². The Morgan fingerprint density at radius 3 is 2.49 bits per heavy atom. The second kappa shape index (κ2) is 11.4. The molecule has 0 radical (unpaired) electrons. The van der Waals surface area contributed by atoms with Crippen LogP contribution in [0.4, 0.5) is 5.69 Å². The fraction of sp³-hybridized carbons (Fsp3) is 0.179. The summed E-state index contributed by atoms with van der Waals surface area (Å²) >= 11 is 1.16. The van der Waals surface area contributed by atoms with Gasteiger partial charge in [-0.15, -0.1) is 0 Å². The Morgan fingerprint density at radius 1 is 1.09 bits per heavy atom. The molecule has 0 saturated carbocycles. The standard InChI is InChI=1S/C28H25N3O3S/c1-19-7-11-22(12-8-19)30-27(33)18-35-28-25(16-29)24(15-26(32)31-28)21-9-13-23(14-10-21)34-17-20-5-3-2-4-6-20/h2-14,24H,15,17-18H2,1H3,(H,30,33)(H,31,32). The Hall–Kier alpha value is -4.02. The lowest BCUT2D eigenvalue weighted by molar-refractivity contribution is -0.121. The van der Waals surface area contributed by atoms with Gasteiger partial charge in [0.25, 0.3) is 0 Å². The maximum Gasteiger partial charge on any atom is 0.234 e. The van der Waals surface area contributed by atoms with Gasteiger partial charge in [0.15, 0.2) is 0 Å². The second-order valence-corrected chi connectivity index (χ2v) is 9.19. The van der Waals surface area contributed by atoms with E-state index in [9.17, 15) is 14.9 Å². The van der Waals surface area contributed by atoms with Gasteiger partial charge in [-0.3, -0.25) is 9.59 Å². The molecule has 0 fully saturated rings. The van der Waals surface area contributed by atoms with Crippen LogP contribution in [0.1, 0.15) is 29.0 Å². The molecule has 0 aromatic heterocycles. The topological polar surface area (TPSA) is 91.2 Å². The maximum absolute atomic E-state index is 12.4. The molecule has 35 heavy (non-hydrogen) atoms. The number of nitriles is 1. The highest BCUT2D eigenvalue weighted by Gasteiger charge is 2.30. The number of hydrogen-bond donors (Lipinski definition) is 2. The van der Waals surface area contributed by atoms with Crippen LogP contribution < -0.4 is 15.4 Å². The smallest absolute Gasteiger partial charge is 0.234 e. The molecule has 1 unspecified atom stereocenters. The van der Waals surface area contributed by atoms with Gasteiger partial charge < -0.3 is 15.4 Å². The second-order valence-electron chi connectivity index (χ2n) is 8.21. The third-order valence-electron chi connectivity index (χ3n) is 5.57. The van der Waals surface area contributed by atoms with Gasteiger partial charge in [-0.25, -0.2) is 0 Å². The first-order valence-electron chi connectivity index (χ1n) is 11.2. The van der Waals surface area contributed by atoms with E-state index < -0.39 is 0 Å². The summed E-state index contributed by atoms with van der Waals surface area (Å²) in [6.45, 7) is 2.44. The molecule has 0 bridgehead atoms. The minimum absolute atomic E-state index is 0.0770. The first kappa shape index (κ1) is 24.1. The van der Waals surface area contributed by atoms with Crippen molar-refractivity contribution in [3.8, 4) is 11.8 Å². The number of carbonyl (C=O) groups excluding carboxylic acids is 2. The summed E-state index contributed by atoms with van der Waals surface area (Å²) < 4.78 is 5.85. The van der Waals surface area contributed by atoms with Gasteiger partial charge in [-0.1, -0.05) is 71.9 Å². The Kier molecular flexibility index (Phi) is 7.86. The van der Waals surface area contributed by atoms with Crippen molar-refractivity contribution in [3.63, 3.8) is 0 Å². The van der Waals surface area contributed by atoms with Crippen LogP contribution in [0.2, 0.25) is 0 Å². The van der Waals surface area contributed by atoms with Gasteiger partial charge in [-0.2, -0.15) is 5.26 Å². The van der Waals surface area contributed by atoms with E-state index in [0.717, 1.165) is 28.5 Å². The van der Waals surface area contributed by atoms with Crippen LogP contribution in [0.25, 0.3) is 0 Å². The molecule has 1 atom stereocenters. The molecule has 2 N–H and O–H groups in total. The predicted octanol–water partition coefficient (Wildman–Crippen LogP) is 5.28. The number of benzene rings is 3. The lowest BCUT2D eigenvalue weighted by atomic mass is 9.87. The third kappa shape index (κ3) is 6.52. The van der Waals surface area contributed by atoms with E-state index in [1.54, 1.807) is 0 Å². The Balaban J connectivity index is 1.42. The van der Waals surface area contributed by atoms with Crippen LogP contribution in [0.3, 0.4) is 0 Å². The zero-order valence-electron chi connectivity index (χ0n) is 19.3. The fourth-order valence-electron chi connectivity index (χ4n) is 3.73. The van der Waals surface area contributed by atoms with Gasteiger partial charge >= 0.3 is 0 Å². The Morgan fingerprint density at radius 2 is 1.80 bits per heavy atom. The average Bonchev–Trinajstić information content (AvgIpc) is 2.88.